The van der Waals surface area contributed by atoms with Crippen LogP contribution >= 0.6 is 15.9 Å². The summed E-state index contributed by atoms with van der Waals surface area (Å²) in [4.78, 5) is 14.6. The molecule has 0 aliphatic rings. The second-order valence-electron chi connectivity index (χ2n) is 4.36. The third-order valence-electron chi connectivity index (χ3n) is 2.87. The number of ether oxygens (including phenoxy) is 1. The number of rotatable bonds is 6. The predicted molar refractivity (Wildman–Crippen MR) is 82.1 cm³/mol. The van der Waals surface area contributed by atoms with Crippen LogP contribution in [0.3, 0.4) is 0 Å². The maximum absolute atomic E-state index is 10.9. The molecule has 0 fully saturated rings. The Labute approximate surface area is 130 Å². The van der Waals surface area contributed by atoms with Crippen LogP contribution in [0.15, 0.2) is 41.0 Å². The number of nitrogens with one attached hydrogen (secondary N) is 1. The Morgan fingerprint density at radius 1 is 1.29 bits per heavy atom. The van der Waals surface area contributed by atoms with Gasteiger partial charge in [-0.05, 0) is 33.1 Å². The number of nitro groups is 1. The smallest absolute Gasteiger partial charge is 0.283 e. The summed E-state index contributed by atoms with van der Waals surface area (Å²) in [7, 11) is 1.57. The summed E-state index contributed by atoms with van der Waals surface area (Å²) in [6.07, 6.45) is 1.73. The van der Waals surface area contributed by atoms with Gasteiger partial charge in [-0.3, -0.25) is 10.1 Å². The quantitative estimate of drug-likeness (QED) is 0.639. The molecule has 0 spiro atoms. The van der Waals surface area contributed by atoms with E-state index in [1.165, 1.54) is 0 Å². The maximum Gasteiger partial charge on any atom is 0.283 e. The lowest BCUT2D eigenvalue weighted by Gasteiger charge is -2.06. The second kappa shape index (κ2) is 7.14. The standard InChI is InChI=1S/C14H14BrN3O3/c1-21-14-5-3-11(9-17-14)8-16-7-10-2-4-12(15)13(6-10)18(19)20/h2-6,9,16H,7-8H2,1H3. The summed E-state index contributed by atoms with van der Waals surface area (Å²) in [5.74, 6) is 0.572. The number of benzene rings is 1. The first-order valence-corrected chi connectivity index (χ1v) is 7.02. The largest absolute Gasteiger partial charge is 0.481 e. The molecule has 0 saturated heterocycles. The molecule has 2 rings (SSSR count). The predicted octanol–water partition coefficient (Wildman–Crippen LogP) is 3.05. The van der Waals surface area contributed by atoms with E-state index in [-0.39, 0.29) is 5.69 Å². The molecule has 0 unspecified atom stereocenters. The van der Waals surface area contributed by atoms with Crippen LogP contribution in [0.2, 0.25) is 0 Å². The Bertz CT molecular complexity index is 632. The van der Waals surface area contributed by atoms with Crippen molar-refractivity contribution in [3.63, 3.8) is 0 Å². The lowest BCUT2D eigenvalue weighted by Crippen LogP contribution is -2.13. The van der Waals surface area contributed by atoms with Gasteiger partial charge in [0.1, 0.15) is 0 Å². The van der Waals surface area contributed by atoms with Crippen LogP contribution in [-0.4, -0.2) is 17.0 Å². The van der Waals surface area contributed by atoms with Crippen molar-refractivity contribution in [2.45, 2.75) is 13.1 Å². The van der Waals surface area contributed by atoms with Gasteiger partial charge in [-0.1, -0.05) is 12.1 Å². The molecule has 1 N–H and O–H groups in total. The van der Waals surface area contributed by atoms with E-state index in [2.05, 4.69) is 26.2 Å². The van der Waals surface area contributed by atoms with Crippen molar-refractivity contribution >= 4 is 21.6 Å². The van der Waals surface area contributed by atoms with Crippen LogP contribution in [-0.2, 0) is 13.1 Å². The highest BCUT2D eigenvalue weighted by Crippen LogP contribution is 2.25. The molecule has 21 heavy (non-hydrogen) atoms. The van der Waals surface area contributed by atoms with Crippen molar-refractivity contribution in [2.24, 2.45) is 0 Å². The number of nitro benzene ring substituents is 1. The van der Waals surface area contributed by atoms with E-state index in [0.29, 0.717) is 23.4 Å². The first kappa shape index (κ1) is 15.4. The van der Waals surface area contributed by atoms with Gasteiger partial charge in [0.15, 0.2) is 0 Å². The normalized spacial score (nSPS) is 10.4. The van der Waals surface area contributed by atoms with Gasteiger partial charge in [0.2, 0.25) is 5.88 Å². The fourth-order valence-electron chi connectivity index (χ4n) is 1.80. The summed E-state index contributed by atoms with van der Waals surface area (Å²) < 4.78 is 5.47. The van der Waals surface area contributed by atoms with Crippen molar-refractivity contribution in [1.82, 2.24) is 10.3 Å². The zero-order valence-electron chi connectivity index (χ0n) is 11.4. The third kappa shape index (κ3) is 4.24. The topological polar surface area (TPSA) is 77.3 Å². The third-order valence-corrected chi connectivity index (χ3v) is 3.54. The highest BCUT2D eigenvalue weighted by atomic mass is 79.9. The van der Waals surface area contributed by atoms with Crippen LogP contribution in [0, 0.1) is 10.1 Å². The molecule has 6 nitrogen and oxygen atoms in total. The summed E-state index contributed by atoms with van der Waals surface area (Å²) in [5, 5.41) is 14.1. The maximum atomic E-state index is 10.9. The molecular formula is C14H14BrN3O3. The fraction of sp³-hybridized carbons (Fsp3) is 0.214. The fourth-order valence-corrected chi connectivity index (χ4v) is 2.19. The van der Waals surface area contributed by atoms with Gasteiger partial charge in [-0.2, -0.15) is 0 Å². The Morgan fingerprint density at radius 2 is 2.00 bits per heavy atom. The van der Waals surface area contributed by atoms with E-state index in [0.717, 1.165) is 11.1 Å². The molecule has 0 atom stereocenters. The van der Waals surface area contributed by atoms with Crippen molar-refractivity contribution in [1.29, 1.82) is 0 Å². The molecule has 110 valence electrons. The molecule has 0 amide bonds. The van der Waals surface area contributed by atoms with Gasteiger partial charge < -0.3 is 10.1 Å². The average Bonchev–Trinajstić information content (AvgIpc) is 2.49. The van der Waals surface area contributed by atoms with Gasteiger partial charge >= 0.3 is 0 Å². The second-order valence-corrected chi connectivity index (χ2v) is 5.21. The minimum atomic E-state index is -0.402. The van der Waals surface area contributed by atoms with Crippen LogP contribution in [0.5, 0.6) is 5.88 Å². The van der Waals surface area contributed by atoms with Crippen molar-refractivity contribution < 1.29 is 9.66 Å². The Hall–Kier alpha value is -1.99. The highest BCUT2D eigenvalue weighted by Gasteiger charge is 2.11. The van der Waals surface area contributed by atoms with Crippen molar-refractivity contribution in [3.8, 4) is 5.88 Å². The SMILES string of the molecule is COc1ccc(CNCc2ccc(Br)c([N+](=O)[O-])c2)cn1. The molecule has 1 heterocycles. The minimum absolute atomic E-state index is 0.0698. The monoisotopic (exact) mass is 351 g/mol. The number of hydrogen-bond donors (Lipinski definition) is 1. The van der Waals surface area contributed by atoms with Crippen LogP contribution in [0.25, 0.3) is 0 Å². The van der Waals surface area contributed by atoms with Crippen LogP contribution in [0.4, 0.5) is 5.69 Å². The van der Waals surface area contributed by atoms with Crippen molar-refractivity contribution in [3.05, 3.63) is 62.2 Å². The number of aromatic nitrogens is 1. The van der Waals surface area contributed by atoms with Gasteiger partial charge in [-0.15, -0.1) is 0 Å². The Balaban J connectivity index is 1.93. The number of hydrogen-bond acceptors (Lipinski definition) is 5. The molecule has 0 radical (unpaired) electrons. The van der Waals surface area contributed by atoms with E-state index in [4.69, 9.17) is 4.74 Å². The summed E-state index contributed by atoms with van der Waals surface area (Å²) in [6.45, 7) is 1.17. The average molecular weight is 352 g/mol. The van der Waals surface area contributed by atoms with E-state index in [1.54, 1.807) is 31.5 Å². The molecule has 1 aromatic heterocycles. The number of methoxy groups -OCH3 is 1. The summed E-state index contributed by atoms with van der Waals surface area (Å²) >= 11 is 3.17. The minimum Gasteiger partial charge on any atom is -0.481 e. The zero-order chi connectivity index (χ0) is 15.2. The number of halogens is 1. The molecule has 1 aromatic carbocycles. The summed E-state index contributed by atoms with van der Waals surface area (Å²) in [6, 6.07) is 8.80. The first-order valence-electron chi connectivity index (χ1n) is 6.22. The summed E-state index contributed by atoms with van der Waals surface area (Å²) in [5.41, 5.74) is 1.94. The highest BCUT2D eigenvalue weighted by molar-refractivity contribution is 9.10. The van der Waals surface area contributed by atoms with Crippen molar-refractivity contribution in [2.75, 3.05) is 7.11 Å². The van der Waals surface area contributed by atoms with Gasteiger partial charge in [-0.25, -0.2) is 4.98 Å². The lowest BCUT2D eigenvalue weighted by molar-refractivity contribution is -0.385. The lowest BCUT2D eigenvalue weighted by atomic mass is 10.2. The number of nitrogens with zero attached hydrogens (tertiary/aromatic N) is 2. The molecule has 0 bridgehead atoms. The number of pyridine rings is 1. The molecular weight excluding hydrogens is 338 g/mol. The molecule has 0 saturated carbocycles. The first-order chi connectivity index (χ1) is 10.1. The zero-order valence-corrected chi connectivity index (χ0v) is 13.0. The molecule has 0 aliphatic carbocycles. The Kier molecular flexibility index (Phi) is 5.24. The van der Waals surface area contributed by atoms with E-state index in [1.807, 2.05) is 12.1 Å². The molecule has 0 aliphatic heterocycles. The van der Waals surface area contributed by atoms with Crippen LogP contribution in [0.1, 0.15) is 11.1 Å². The van der Waals surface area contributed by atoms with E-state index in [9.17, 15) is 10.1 Å². The van der Waals surface area contributed by atoms with Gasteiger partial charge in [0.25, 0.3) is 5.69 Å². The van der Waals surface area contributed by atoms with Gasteiger partial charge in [0, 0.05) is 31.4 Å². The Morgan fingerprint density at radius 3 is 2.62 bits per heavy atom. The molecule has 7 heteroatoms. The van der Waals surface area contributed by atoms with Crippen LogP contribution < -0.4 is 10.1 Å². The van der Waals surface area contributed by atoms with Gasteiger partial charge in [0.05, 0.1) is 16.5 Å². The van der Waals surface area contributed by atoms with E-state index >= 15 is 0 Å². The molecule has 2 aromatic rings. The van der Waals surface area contributed by atoms with E-state index < -0.39 is 4.92 Å².